The summed E-state index contributed by atoms with van der Waals surface area (Å²) in [7, 11) is 1.78. The van der Waals surface area contributed by atoms with E-state index in [2.05, 4.69) is 6.92 Å². The quantitative estimate of drug-likeness (QED) is 0.648. The van der Waals surface area contributed by atoms with Crippen molar-refractivity contribution < 1.29 is 9.53 Å². The molecular formula is C9H17NO2. The van der Waals surface area contributed by atoms with E-state index in [9.17, 15) is 4.79 Å². The van der Waals surface area contributed by atoms with Crippen LogP contribution >= 0.6 is 0 Å². The molecule has 1 saturated carbocycles. The normalized spacial score (nSPS) is 26.6. The number of amides is 1. The second-order valence-corrected chi connectivity index (χ2v) is 3.56. The molecule has 1 rings (SSSR count). The molecule has 3 heteroatoms. The second kappa shape index (κ2) is 3.78. The van der Waals surface area contributed by atoms with Gasteiger partial charge < -0.3 is 9.64 Å². The minimum absolute atomic E-state index is 0.175. The largest absolute Gasteiger partial charge is 0.446 e. The van der Waals surface area contributed by atoms with E-state index in [4.69, 9.17) is 4.74 Å². The molecule has 0 bridgehead atoms. The lowest BCUT2D eigenvalue weighted by Crippen LogP contribution is -2.28. The van der Waals surface area contributed by atoms with Gasteiger partial charge in [-0.15, -0.1) is 0 Å². The molecule has 0 saturated heterocycles. The first-order valence-corrected chi connectivity index (χ1v) is 4.57. The minimum atomic E-state index is -0.175. The molecule has 1 aliphatic rings. The van der Waals surface area contributed by atoms with Crippen LogP contribution < -0.4 is 0 Å². The molecular weight excluding hydrogens is 154 g/mol. The molecule has 0 N–H and O–H groups in total. The molecule has 70 valence electrons. The molecule has 1 fully saturated rings. The zero-order valence-corrected chi connectivity index (χ0v) is 8.04. The lowest BCUT2D eigenvalue weighted by molar-refractivity contribution is 0.100. The zero-order valence-electron chi connectivity index (χ0n) is 8.04. The summed E-state index contributed by atoms with van der Waals surface area (Å²) in [6, 6.07) is 0. The highest BCUT2D eigenvalue weighted by atomic mass is 16.6. The van der Waals surface area contributed by atoms with Gasteiger partial charge in [-0.25, -0.2) is 4.79 Å². The Kier molecular flexibility index (Phi) is 2.95. The van der Waals surface area contributed by atoms with Gasteiger partial charge in [-0.05, 0) is 18.8 Å². The van der Waals surface area contributed by atoms with Gasteiger partial charge in [0.1, 0.15) is 6.10 Å². The Hall–Kier alpha value is -0.730. The first-order chi connectivity index (χ1) is 5.65. The van der Waals surface area contributed by atoms with E-state index in [1.54, 1.807) is 11.9 Å². The van der Waals surface area contributed by atoms with Crippen LogP contribution in [0.4, 0.5) is 4.79 Å². The first kappa shape index (κ1) is 9.36. The van der Waals surface area contributed by atoms with E-state index in [1.165, 1.54) is 0 Å². The van der Waals surface area contributed by atoms with Gasteiger partial charge in [-0.1, -0.05) is 13.8 Å². The highest BCUT2D eigenvalue weighted by Crippen LogP contribution is 2.32. The molecule has 0 heterocycles. The van der Waals surface area contributed by atoms with Crippen LogP contribution in [0, 0.1) is 5.92 Å². The molecule has 0 aromatic rings. The van der Waals surface area contributed by atoms with Crippen LogP contribution in [0.25, 0.3) is 0 Å². The molecule has 12 heavy (non-hydrogen) atoms. The number of rotatable bonds is 3. The van der Waals surface area contributed by atoms with Gasteiger partial charge in [-0.3, -0.25) is 0 Å². The van der Waals surface area contributed by atoms with Crippen LogP contribution in [-0.4, -0.2) is 30.7 Å². The number of hydrogen-bond donors (Lipinski definition) is 0. The minimum Gasteiger partial charge on any atom is -0.446 e. The van der Waals surface area contributed by atoms with Crippen molar-refractivity contribution in [2.24, 2.45) is 5.92 Å². The summed E-state index contributed by atoms with van der Waals surface area (Å²) in [5, 5.41) is 0. The van der Waals surface area contributed by atoms with E-state index in [0.717, 1.165) is 19.4 Å². The lowest BCUT2D eigenvalue weighted by Gasteiger charge is -2.15. The van der Waals surface area contributed by atoms with Crippen LogP contribution in [0.1, 0.15) is 26.7 Å². The van der Waals surface area contributed by atoms with Crippen molar-refractivity contribution in [2.75, 3.05) is 13.6 Å². The van der Waals surface area contributed by atoms with Crippen LogP contribution in [0.3, 0.4) is 0 Å². The van der Waals surface area contributed by atoms with E-state index < -0.39 is 0 Å². The standard InChI is InChI=1S/C9H17NO2/c1-4-5-10(3)9(11)12-8-6-7(8)2/h7-8H,4-6H2,1-3H3. The van der Waals surface area contributed by atoms with Crippen molar-refractivity contribution >= 4 is 6.09 Å². The Balaban J connectivity index is 2.18. The van der Waals surface area contributed by atoms with Crippen molar-refractivity contribution in [3.05, 3.63) is 0 Å². The Morgan fingerprint density at radius 3 is 2.67 bits per heavy atom. The summed E-state index contributed by atoms with van der Waals surface area (Å²) >= 11 is 0. The molecule has 0 spiro atoms. The summed E-state index contributed by atoms with van der Waals surface area (Å²) in [5.41, 5.74) is 0. The maximum Gasteiger partial charge on any atom is 0.409 e. The highest BCUT2D eigenvalue weighted by molar-refractivity contribution is 5.67. The maximum absolute atomic E-state index is 11.2. The highest BCUT2D eigenvalue weighted by Gasteiger charge is 2.37. The summed E-state index contributed by atoms with van der Waals surface area (Å²) in [6.07, 6.45) is 2.03. The third kappa shape index (κ3) is 2.40. The summed E-state index contributed by atoms with van der Waals surface area (Å²) in [5.74, 6) is 0.573. The Bertz CT molecular complexity index is 170. The Labute approximate surface area is 73.7 Å². The summed E-state index contributed by atoms with van der Waals surface area (Å²) in [4.78, 5) is 12.9. The molecule has 0 aromatic carbocycles. The van der Waals surface area contributed by atoms with Crippen LogP contribution in [0.2, 0.25) is 0 Å². The molecule has 0 aromatic heterocycles. The lowest BCUT2D eigenvalue weighted by atomic mass is 10.4. The van der Waals surface area contributed by atoms with Crippen LogP contribution in [0.5, 0.6) is 0 Å². The van der Waals surface area contributed by atoms with Gasteiger partial charge in [0, 0.05) is 13.6 Å². The van der Waals surface area contributed by atoms with E-state index in [0.29, 0.717) is 5.92 Å². The number of hydrogen-bond acceptors (Lipinski definition) is 2. The zero-order chi connectivity index (χ0) is 9.14. The number of carbonyl (C=O) groups is 1. The van der Waals surface area contributed by atoms with Gasteiger partial charge in [0.2, 0.25) is 0 Å². The van der Waals surface area contributed by atoms with Gasteiger partial charge >= 0.3 is 6.09 Å². The number of nitrogens with zero attached hydrogens (tertiary/aromatic N) is 1. The third-order valence-electron chi connectivity index (χ3n) is 2.16. The Morgan fingerprint density at radius 2 is 2.25 bits per heavy atom. The topological polar surface area (TPSA) is 29.5 Å². The van der Waals surface area contributed by atoms with Crippen LogP contribution in [0.15, 0.2) is 0 Å². The Morgan fingerprint density at radius 1 is 1.67 bits per heavy atom. The van der Waals surface area contributed by atoms with E-state index in [-0.39, 0.29) is 12.2 Å². The summed E-state index contributed by atoms with van der Waals surface area (Å²) < 4.78 is 5.17. The average Bonchev–Trinajstić information content (AvgIpc) is 2.67. The third-order valence-corrected chi connectivity index (χ3v) is 2.16. The van der Waals surface area contributed by atoms with Gasteiger partial charge in [-0.2, -0.15) is 0 Å². The maximum atomic E-state index is 11.2. The molecule has 0 aliphatic heterocycles. The van der Waals surface area contributed by atoms with Crippen molar-refractivity contribution in [1.29, 1.82) is 0 Å². The molecule has 0 radical (unpaired) electrons. The SMILES string of the molecule is CCCN(C)C(=O)OC1CC1C. The fourth-order valence-corrected chi connectivity index (χ4v) is 1.10. The van der Waals surface area contributed by atoms with E-state index >= 15 is 0 Å². The molecule has 3 nitrogen and oxygen atoms in total. The molecule has 1 amide bonds. The first-order valence-electron chi connectivity index (χ1n) is 4.57. The van der Waals surface area contributed by atoms with Gasteiger partial charge in [0.25, 0.3) is 0 Å². The van der Waals surface area contributed by atoms with Gasteiger partial charge in [0.15, 0.2) is 0 Å². The summed E-state index contributed by atoms with van der Waals surface area (Å²) in [6.45, 7) is 4.92. The molecule has 2 atom stereocenters. The molecule has 1 aliphatic carbocycles. The van der Waals surface area contributed by atoms with Crippen molar-refractivity contribution in [1.82, 2.24) is 4.90 Å². The monoisotopic (exact) mass is 171 g/mol. The number of ether oxygens (including phenoxy) is 1. The van der Waals surface area contributed by atoms with E-state index in [1.807, 2.05) is 6.92 Å². The fourth-order valence-electron chi connectivity index (χ4n) is 1.10. The van der Waals surface area contributed by atoms with Crippen molar-refractivity contribution in [2.45, 2.75) is 32.8 Å². The fraction of sp³-hybridized carbons (Fsp3) is 0.889. The average molecular weight is 171 g/mol. The van der Waals surface area contributed by atoms with Crippen LogP contribution in [-0.2, 0) is 4.74 Å². The molecule has 2 unspecified atom stereocenters. The predicted molar refractivity (Wildman–Crippen MR) is 47.0 cm³/mol. The number of carbonyl (C=O) groups excluding carboxylic acids is 1. The smallest absolute Gasteiger partial charge is 0.409 e. The van der Waals surface area contributed by atoms with Crippen molar-refractivity contribution in [3.63, 3.8) is 0 Å². The second-order valence-electron chi connectivity index (χ2n) is 3.56. The van der Waals surface area contributed by atoms with Gasteiger partial charge in [0.05, 0.1) is 0 Å². The van der Waals surface area contributed by atoms with Crippen molar-refractivity contribution in [3.8, 4) is 0 Å². The predicted octanol–water partition coefficient (Wildman–Crippen LogP) is 1.87.